The van der Waals surface area contributed by atoms with E-state index in [1.807, 2.05) is 47.8 Å². The largest absolute Gasteiger partial charge is 0.497 e. The van der Waals surface area contributed by atoms with Crippen molar-refractivity contribution in [1.82, 2.24) is 9.71 Å². The van der Waals surface area contributed by atoms with E-state index in [0.717, 1.165) is 27.6 Å². The fourth-order valence-electron chi connectivity index (χ4n) is 2.47. The topological polar surface area (TPSA) is 68.3 Å². The molecule has 7 heteroatoms. The van der Waals surface area contributed by atoms with Crippen molar-refractivity contribution in [2.45, 2.75) is 12.2 Å². The molecule has 136 valence electrons. The van der Waals surface area contributed by atoms with Crippen molar-refractivity contribution in [2.75, 3.05) is 13.7 Å². The van der Waals surface area contributed by atoms with E-state index in [0.29, 0.717) is 13.0 Å². The maximum absolute atomic E-state index is 12.1. The van der Waals surface area contributed by atoms with Crippen molar-refractivity contribution in [3.8, 4) is 16.3 Å². The zero-order valence-corrected chi connectivity index (χ0v) is 16.0. The van der Waals surface area contributed by atoms with E-state index in [2.05, 4.69) is 9.71 Å². The Morgan fingerprint density at radius 3 is 2.50 bits per heavy atom. The molecule has 0 radical (unpaired) electrons. The minimum atomic E-state index is -3.35. The van der Waals surface area contributed by atoms with E-state index >= 15 is 0 Å². The number of nitrogens with zero attached hydrogens (tertiary/aromatic N) is 1. The fraction of sp³-hybridized carbons (Fsp3) is 0.211. The summed E-state index contributed by atoms with van der Waals surface area (Å²) in [5.74, 6) is 0.792. The Labute approximate surface area is 157 Å². The van der Waals surface area contributed by atoms with E-state index < -0.39 is 10.0 Å². The minimum Gasteiger partial charge on any atom is -0.497 e. The van der Waals surface area contributed by atoms with Crippen molar-refractivity contribution in [2.24, 2.45) is 0 Å². The van der Waals surface area contributed by atoms with Crippen molar-refractivity contribution in [3.05, 3.63) is 71.2 Å². The molecule has 0 bridgehead atoms. The molecule has 1 N–H and O–H groups in total. The molecule has 0 spiro atoms. The summed E-state index contributed by atoms with van der Waals surface area (Å²) in [4.78, 5) is 4.58. The lowest BCUT2D eigenvalue weighted by atomic mass is 10.2. The predicted octanol–water partition coefficient (Wildman–Crippen LogP) is 3.48. The first-order valence-corrected chi connectivity index (χ1v) is 10.7. The van der Waals surface area contributed by atoms with E-state index in [-0.39, 0.29) is 5.75 Å². The normalized spacial score (nSPS) is 11.4. The minimum absolute atomic E-state index is 0.0119. The van der Waals surface area contributed by atoms with Gasteiger partial charge in [0.15, 0.2) is 0 Å². The number of ether oxygens (including phenoxy) is 1. The molecule has 0 saturated heterocycles. The van der Waals surface area contributed by atoms with Gasteiger partial charge >= 0.3 is 0 Å². The Kier molecular flexibility index (Phi) is 6.03. The van der Waals surface area contributed by atoms with Crippen LogP contribution in [0.2, 0.25) is 0 Å². The van der Waals surface area contributed by atoms with Gasteiger partial charge < -0.3 is 4.74 Å². The number of methoxy groups -OCH3 is 1. The summed E-state index contributed by atoms with van der Waals surface area (Å²) in [6.07, 6.45) is 0.556. The highest BCUT2D eigenvalue weighted by Gasteiger charge is 2.11. The smallest absolute Gasteiger partial charge is 0.215 e. The SMILES string of the molecule is COc1ccc(-c2nc(CCNS(=O)(=O)Cc3ccccc3)cs2)cc1. The fourth-order valence-corrected chi connectivity index (χ4v) is 4.47. The van der Waals surface area contributed by atoms with Gasteiger partial charge in [-0.2, -0.15) is 0 Å². The van der Waals surface area contributed by atoms with E-state index in [1.165, 1.54) is 0 Å². The first-order valence-electron chi connectivity index (χ1n) is 8.16. The summed E-state index contributed by atoms with van der Waals surface area (Å²) >= 11 is 1.55. The molecule has 0 aliphatic carbocycles. The van der Waals surface area contributed by atoms with Gasteiger partial charge in [0.25, 0.3) is 0 Å². The molecule has 0 fully saturated rings. The Morgan fingerprint density at radius 1 is 1.08 bits per heavy atom. The zero-order valence-electron chi connectivity index (χ0n) is 14.4. The molecular weight excluding hydrogens is 368 g/mol. The zero-order chi connectivity index (χ0) is 18.4. The van der Waals surface area contributed by atoms with Gasteiger partial charge in [0.2, 0.25) is 10.0 Å². The average Bonchev–Trinajstić information content (AvgIpc) is 3.11. The first kappa shape index (κ1) is 18.6. The second-order valence-electron chi connectivity index (χ2n) is 5.76. The standard InChI is InChI=1S/C19H20N2O3S2/c1-24-18-9-7-16(8-10-18)19-21-17(13-25-19)11-12-20-26(22,23)14-15-5-3-2-4-6-15/h2-10,13,20H,11-12,14H2,1H3. The Morgan fingerprint density at radius 2 is 1.81 bits per heavy atom. The quantitative estimate of drug-likeness (QED) is 0.641. The summed E-state index contributed by atoms with van der Waals surface area (Å²) in [5, 5.41) is 2.88. The summed E-state index contributed by atoms with van der Waals surface area (Å²) < 4.78 is 32.1. The van der Waals surface area contributed by atoms with E-state index in [9.17, 15) is 8.42 Å². The van der Waals surface area contributed by atoms with E-state index in [4.69, 9.17) is 4.74 Å². The number of thiazole rings is 1. The van der Waals surface area contributed by atoms with Gasteiger partial charge in [-0.15, -0.1) is 11.3 Å². The number of rotatable bonds is 8. The van der Waals surface area contributed by atoms with Gasteiger partial charge in [-0.3, -0.25) is 0 Å². The molecule has 1 heterocycles. The summed E-state index contributed by atoms with van der Waals surface area (Å²) in [6, 6.07) is 16.9. The van der Waals surface area contributed by atoms with Crippen molar-refractivity contribution < 1.29 is 13.2 Å². The molecule has 3 aromatic rings. The molecular formula is C19H20N2O3S2. The first-order chi connectivity index (χ1) is 12.6. The van der Waals surface area contributed by atoms with Gasteiger partial charge in [0, 0.05) is 23.9 Å². The Balaban J connectivity index is 1.54. The summed E-state index contributed by atoms with van der Waals surface area (Å²) in [5.41, 5.74) is 2.67. The highest BCUT2D eigenvalue weighted by molar-refractivity contribution is 7.88. The molecule has 0 amide bonds. The predicted molar refractivity (Wildman–Crippen MR) is 105 cm³/mol. The third kappa shape index (κ3) is 5.14. The maximum atomic E-state index is 12.1. The van der Waals surface area contributed by atoms with Crippen LogP contribution in [0.25, 0.3) is 10.6 Å². The molecule has 2 aromatic carbocycles. The van der Waals surface area contributed by atoms with Crippen LogP contribution < -0.4 is 9.46 Å². The van der Waals surface area contributed by atoms with Crippen molar-refractivity contribution in [3.63, 3.8) is 0 Å². The summed E-state index contributed by atoms with van der Waals surface area (Å²) in [6.45, 7) is 0.334. The van der Waals surface area contributed by atoms with Crippen LogP contribution in [0.15, 0.2) is 60.0 Å². The van der Waals surface area contributed by atoms with Crippen molar-refractivity contribution in [1.29, 1.82) is 0 Å². The second-order valence-corrected chi connectivity index (χ2v) is 8.43. The van der Waals surface area contributed by atoms with Crippen LogP contribution in [-0.4, -0.2) is 27.1 Å². The van der Waals surface area contributed by atoms with Crippen LogP contribution >= 0.6 is 11.3 Å². The molecule has 0 aliphatic heterocycles. The number of nitrogens with one attached hydrogen (secondary N) is 1. The van der Waals surface area contributed by atoms with Crippen LogP contribution in [0, 0.1) is 0 Å². The molecule has 0 aliphatic rings. The molecule has 1 aromatic heterocycles. The van der Waals surface area contributed by atoms with Gasteiger partial charge in [-0.1, -0.05) is 30.3 Å². The molecule has 0 saturated carbocycles. The molecule has 26 heavy (non-hydrogen) atoms. The maximum Gasteiger partial charge on any atom is 0.215 e. The Bertz CT molecular complexity index is 936. The van der Waals surface area contributed by atoms with Crippen LogP contribution in [-0.2, 0) is 22.2 Å². The van der Waals surface area contributed by atoms with E-state index in [1.54, 1.807) is 30.6 Å². The second kappa shape index (κ2) is 8.44. The number of hydrogen-bond acceptors (Lipinski definition) is 5. The number of aromatic nitrogens is 1. The van der Waals surface area contributed by atoms with Gasteiger partial charge in [-0.05, 0) is 29.8 Å². The average molecular weight is 389 g/mol. The van der Waals surface area contributed by atoms with Gasteiger partial charge in [0.1, 0.15) is 10.8 Å². The third-order valence-electron chi connectivity index (χ3n) is 3.79. The lowest BCUT2D eigenvalue weighted by Gasteiger charge is -2.06. The lowest BCUT2D eigenvalue weighted by molar-refractivity contribution is 0.415. The molecule has 3 rings (SSSR count). The van der Waals surface area contributed by atoms with Crippen LogP contribution in [0.1, 0.15) is 11.3 Å². The number of benzene rings is 2. The number of sulfonamides is 1. The monoisotopic (exact) mass is 388 g/mol. The van der Waals surface area contributed by atoms with Gasteiger partial charge in [0.05, 0.1) is 18.6 Å². The highest BCUT2D eigenvalue weighted by atomic mass is 32.2. The lowest BCUT2D eigenvalue weighted by Crippen LogP contribution is -2.27. The molecule has 0 unspecified atom stereocenters. The van der Waals surface area contributed by atoms with Crippen molar-refractivity contribution >= 4 is 21.4 Å². The third-order valence-corrected chi connectivity index (χ3v) is 6.09. The number of hydrogen-bond donors (Lipinski definition) is 1. The molecule has 0 atom stereocenters. The Hall–Kier alpha value is -2.22. The highest BCUT2D eigenvalue weighted by Crippen LogP contribution is 2.25. The molecule has 5 nitrogen and oxygen atoms in total. The summed E-state index contributed by atoms with van der Waals surface area (Å²) in [7, 11) is -1.71. The van der Waals surface area contributed by atoms with Crippen LogP contribution in [0.5, 0.6) is 5.75 Å². The van der Waals surface area contributed by atoms with Crippen LogP contribution in [0.3, 0.4) is 0 Å². The van der Waals surface area contributed by atoms with Gasteiger partial charge in [-0.25, -0.2) is 18.1 Å². The van der Waals surface area contributed by atoms with Crippen LogP contribution in [0.4, 0.5) is 0 Å².